The summed E-state index contributed by atoms with van der Waals surface area (Å²) in [6.07, 6.45) is 1.32. The van der Waals surface area contributed by atoms with Gasteiger partial charge >= 0.3 is 0 Å². The summed E-state index contributed by atoms with van der Waals surface area (Å²) >= 11 is 0. The first kappa shape index (κ1) is 17.5. The molecule has 0 radical (unpaired) electrons. The molecule has 0 atom stereocenters. The average Bonchev–Trinajstić information content (AvgIpc) is 2.71. The largest absolute Gasteiger partial charge is 0.550 e. The fourth-order valence-corrected chi connectivity index (χ4v) is 2.91. The van der Waals surface area contributed by atoms with Gasteiger partial charge in [0.15, 0.2) is 0 Å². The molecule has 0 aliphatic carbocycles. The number of nitrogens with zero attached hydrogens (tertiary/aromatic N) is 2. The summed E-state index contributed by atoms with van der Waals surface area (Å²) in [5.41, 5.74) is 1.39. The number of para-hydroxylation sites is 1. The third-order valence-electron chi connectivity index (χ3n) is 4.37. The van der Waals surface area contributed by atoms with Crippen molar-refractivity contribution in [1.29, 1.82) is 0 Å². The van der Waals surface area contributed by atoms with Crippen molar-refractivity contribution in [3.8, 4) is 0 Å². The molecule has 0 unspecified atom stereocenters. The topological polar surface area (TPSA) is 43.4 Å². The maximum absolute atomic E-state index is 8.89. The molecular formula is C17H28N2O2. The Hall–Kier alpha value is -1.55. The second-order valence-corrected chi connectivity index (χ2v) is 5.59. The molecule has 21 heavy (non-hydrogen) atoms. The Kier molecular flexibility index (Phi) is 7.23. The van der Waals surface area contributed by atoms with Crippen molar-refractivity contribution in [3.05, 3.63) is 30.3 Å². The molecular weight excluding hydrogens is 264 g/mol. The maximum Gasteiger partial charge on any atom is 0.0964 e. The number of rotatable bonds is 3. The molecule has 0 saturated carbocycles. The fraction of sp³-hybridized carbons (Fsp3) is 0.588. The van der Waals surface area contributed by atoms with Crippen LogP contribution < -0.4 is 10.0 Å². The third-order valence-corrected chi connectivity index (χ3v) is 4.37. The number of carboxylic acids is 1. The Labute approximate surface area is 128 Å². The lowest BCUT2D eigenvalue weighted by Gasteiger charge is -2.35. The quantitative estimate of drug-likeness (QED) is 0.793. The molecule has 0 bridgehead atoms. The number of hydrogen-bond donors (Lipinski definition) is 0. The summed E-state index contributed by atoms with van der Waals surface area (Å²) in [6.45, 7) is 13.2. The number of carbonyl (C=O) groups excluding carboxylic acids is 1. The summed E-state index contributed by atoms with van der Waals surface area (Å²) in [5, 5.41) is 8.89. The molecule has 4 nitrogen and oxygen atoms in total. The Morgan fingerprint density at radius 3 is 2.24 bits per heavy atom. The molecule has 0 N–H and O–H groups in total. The Morgan fingerprint density at radius 1 is 1.14 bits per heavy atom. The van der Waals surface area contributed by atoms with Crippen molar-refractivity contribution in [1.82, 2.24) is 0 Å². The fourth-order valence-electron chi connectivity index (χ4n) is 2.91. The minimum atomic E-state index is -1.08. The Balaban J connectivity index is 0.000000491. The van der Waals surface area contributed by atoms with Gasteiger partial charge in [-0.1, -0.05) is 18.2 Å². The van der Waals surface area contributed by atoms with Gasteiger partial charge in [-0.2, -0.15) is 0 Å². The first-order valence-corrected chi connectivity index (χ1v) is 7.85. The molecule has 1 aliphatic heterocycles. The predicted molar refractivity (Wildman–Crippen MR) is 85.0 cm³/mol. The summed E-state index contributed by atoms with van der Waals surface area (Å²) in [4.78, 5) is 11.4. The number of carbonyl (C=O) groups is 1. The molecule has 1 aromatic carbocycles. The highest BCUT2D eigenvalue weighted by atomic mass is 16.4. The zero-order valence-electron chi connectivity index (χ0n) is 13.5. The van der Waals surface area contributed by atoms with E-state index in [0.717, 1.165) is 6.92 Å². The number of aliphatic carboxylic acids is 1. The maximum atomic E-state index is 8.89. The van der Waals surface area contributed by atoms with Gasteiger partial charge in [0, 0.05) is 24.6 Å². The van der Waals surface area contributed by atoms with E-state index in [-0.39, 0.29) is 0 Å². The van der Waals surface area contributed by atoms with E-state index in [0.29, 0.717) is 0 Å². The summed E-state index contributed by atoms with van der Waals surface area (Å²) in [5.74, 6) is -1.08. The molecule has 0 aromatic heterocycles. The van der Waals surface area contributed by atoms with Crippen molar-refractivity contribution in [2.45, 2.75) is 27.2 Å². The normalized spacial score (nSPS) is 17.4. The number of benzene rings is 1. The SMILES string of the molecule is CC(=O)[O-].CC[N+]1(CC)CCCN(c2ccccc2)CC1. The standard InChI is InChI=1S/C15H25N2.C2H4O2/c1-3-17(4-2)13-8-11-16(12-14-17)15-9-6-5-7-10-15;1-2(3)4/h5-7,9-10H,3-4,8,11-14H2,1-2H3;1H3,(H,3,4)/q+1;/p-1. The van der Waals surface area contributed by atoms with E-state index in [1.54, 1.807) is 0 Å². The molecule has 4 heteroatoms. The smallest absolute Gasteiger partial charge is 0.0964 e. The van der Waals surface area contributed by atoms with Gasteiger partial charge in [-0.3, -0.25) is 0 Å². The number of anilines is 1. The van der Waals surface area contributed by atoms with Gasteiger partial charge in [0.1, 0.15) is 0 Å². The van der Waals surface area contributed by atoms with Crippen LogP contribution in [0.3, 0.4) is 0 Å². The summed E-state index contributed by atoms with van der Waals surface area (Å²) in [7, 11) is 0. The number of carboxylic acid groups (broad SMARTS) is 1. The zero-order valence-corrected chi connectivity index (χ0v) is 13.5. The second kappa shape index (κ2) is 8.67. The van der Waals surface area contributed by atoms with Crippen molar-refractivity contribution in [3.63, 3.8) is 0 Å². The van der Waals surface area contributed by atoms with Crippen molar-refractivity contribution in [2.24, 2.45) is 0 Å². The molecule has 1 heterocycles. The molecule has 2 rings (SSSR count). The van der Waals surface area contributed by atoms with Gasteiger partial charge in [-0.25, -0.2) is 0 Å². The monoisotopic (exact) mass is 292 g/mol. The van der Waals surface area contributed by atoms with Crippen LogP contribution in [-0.2, 0) is 4.79 Å². The Bertz CT molecular complexity index is 412. The van der Waals surface area contributed by atoms with Crippen LogP contribution in [0.25, 0.3) is 0 Å². The zero-order chi connectivity index (χ0) is 15.7. The van der Waals surface area contributed by atoms with Gasteiger partial charge in [0.25, 0.3) is 0 Å². The van der Waals surface area contributed by atoms with Crippen molar-refractivity contribution in [2.75, 3.05) is 44.2 Å². The molecule has 1 fully saturated rings. The van der Waals surface area contributed by atoms with Gasteiger partial charge in [0.05, 0.1) is 32.7 Å². The lowest BCUT2D eigenvalue weighted by molar-refractivity contribution is -0.922. The van der Waals surface area contributed by atoms with Crippen LogP contribution in [0.4, 0.5) is 5.69 Å². The lowest BCUT2D eigenvalue weighted by atomic mass is 10.3. The van der Waals surface area contributed by atoms with Crippen molar-refractivity contribution < 1.29 is 14.4 Å². The molecule has 0 spiro atoms. The average molecular weight is 292 g/mol. The molecule has 118 valence electrons. The highest BCUT2D eigenvalue weighted by Gasteiger charge is 2.27. The van der Waals surface area contributed by atoms with Crippen LogP contribution in [0, 0.1) is 0 Å². The van der Waals surface area contributed by atoms with E-state index in [9.17, 15) is 0 Å². The first-order chi connectivity index (χ1) is 10.0. The molecule has 1 aliphatic rings. The number of hydrogen-bond acceptors (Lipinski definition) is 3. The second-order valence-electron chi connectivity index (χ2n) is 5.59. The first-order valence-electron chi connectivity index (χ1n) is 7.85. The van der Waals surface area contributed by atoms with E-state index in [4.69, 9.17) is 9.90 Å². The van der Waals surface area contributed by atoms with Gasteiger partial charge in [0.2, 0.25) is 0 Å². The summed E-state index contributed by atoms with van der Waals surface area (Å²) in [6, 6.07) is 10.8. The van der Waals surface area contributed by atoms with Gasteiger partial charge in [-0.05, 0) is 32.9 Å². The minimum Gasteiger partial charge on any atom is -0.550 e. The molecule has 0 amide bonds. The van der Waals surface area contributed by atoms with E-state index >= 15 is 0 Å². The van der Waals surface area contributed by atoms with Crippen LogP contribution >= 0.6 is 0 Å². The highest BCUT2D eigenvalue weighted by molar-refractivity contribution is 5.60. The van der Waals surface area contributed by atoms with Crippen LogP contribution in [0.1, 0.15) is 27.2 Å². The lowest BCUT2D eigenvalue weighted by Crippen LogP contribution is -2.50. The highest BCUT2D eigenvalue weighted by Crippen LogP contribution is 2.19. The van der Waals surface area contributed by atoms with Gasteiger partial charge in [-0.15, -0.1) is 0 Å². The third kappa shape index (κ3) is 5.76. The van der Waals surface area contributed by atoms with Gasteiger partial charge < -0.3 is 19.3 Å². The van der Waals surface area contributed by atoms with Crippen LogP contribution in [0.2, 0.25) is 0 Å². The van der Waals surface area contributed by atoms with E-state index in [2.05, 4.69) is 49.1 Å². The number of likely N-dealkylation sites (N-methyl/N-ethyl adjacent to an activating group) is 1. The Morgan fingerprint density at radius 2 is 1.71 bits per heavy atom. The molecule has 1 aromatic rings. The van der Waals surface area contributed by atoms with Crippen LogP contribution in [-0.4, -0.2) is 49.7 Å². The van der Waals surface area contributed by atoms with E-state index in [1.165, 1.54) is 55.9 Å². The van der Waals surface area contributed by atoms with Crippen molar-refractivity contribution >= 4 is 11.7 Å². The van der Waals surface area contributed by atoms with E-state index in [1.807, 2.05) is 0 Å². The predicted octanol–water partition coefficient (Wildman–Crippen LogP) is 1.51. The number of quaternary nitrogens is 1. The van der Waals surface area contributed by atoms with Crippen LogP contribution in [0.15, 0.2) is 30.3 Å². The molecule has 1 saturated heterocycles. The van der Waals surface area contributed by atoms with Crippen LogP contribution in [0.5, 0.6) is 0 Å². The van der Waals surface area contributed by atoms with E-state index < -0.39 is 5.97 Å². The summed E-state index contributed by atoms with van der Waals surface area (Å²) < 4.78 is 1.29. The minimum absolute atomic E-state index is 0.972.